The number of carbonyl (C=O) groups is 1. The molecule has 0 radical (unpaired) electrons. The standard InChI is InChI=1S/C12H17NO3S/c1-17-7-6-16-10-4-2-9(3-5-10)8-11(13)12(14)15/h2-5,11H,6-8,13H2,1H3,(H,14,15). The zero-order valence-electron chi connectivity index (χ0n) is 9.76. The fourth-order valence-corrected chi connectivity index (χ4v) is 1.56. The molecule has 1 aromatic carbocycles. The van der Waals surface area contributed by atoms with Crippen LogP contribution in [0.5, 0.6) is 5.75 Å². The molecule has 0 aromatic heterocycles. The smallest absolute Gasteiger partial charge is 0.320 e. The normalized spacial score (nSPS) is 12.1. The largest absolute Gasteiger partial charge is 0.493 e. The molecule has 0 aliphatic carbocycles. The van der Waals surface area contributed by atoms with Crippen molar-refractivity contribution < 1.29 is 14.6 Å². The first-order valence-electron chi connectivity index (χ1n) is 5.32. The highest BCUT2D eigenvalue weighted by Crippen LogP contribution is 2.13. The van der Waals surface area contributed by atoms with Crippen LogP contribution in [0.1, 0.15) is 5.56 Å². The second kappa shape index (κ2) is 7.19. The average molecular weight is 255 g/mol. The molecule has 0 aliphatic rings. The Labute approximate surface area is 105 Å². The van der Waals surface area contributed by atoms with Crippen LogP contribution >= 0.6 is 11.8 Å². The third kappa shape index (κ3) is 5.10. The highest BCUT2D eigenvalue weighted by molar-refractivity contribution is 7.98. The van der Waals surface area contributed by atoms with Gasteiger partial charge in [0.1, 0.15) is 11.8 Å². The molecule has 0 saturated heterocycles. The van der Waals surface area contributed by atoms with Crippen LogP contribution in [-0.4, -0.2) is 35.7 Å². The number of hydrogen-bond donors (Lipinski definition) is 2. The number of rotatable bonds is 7. The van der Waals surface area contributed by atoms with Crippen molar-refractivity contribution in [2.24, 2.45) is 5.73 Å². The van der Waals surface area contributed by atoms with E-state index in [1.54, 1.807) is 11.8 Å². The summed E-state index contributed by atoms with van der Waals surface area (Å²) >= 11 is 1.73. The van der Waals surface area contributed by atoms with E-state index in [2.05, 4.69) is 0 Å². The fourth-order valence-electron chi connectivity index (χ4n) is 1.31. The van der Waals surface area contributed by atoms with Crippen LogP contribution in [0.15, 0.2) is 24.3 Å². The summed E-state index contributed by atoms with van der Waals surface area (Å²) in [4.78, 5) is 10.6. The maximum atomic E-state index is 10.6. The van der Waals surface area contributed by atoms with Crippen molar-refractivity contribution in [3.05, 3.63) is 29.8 Å². The van der Waals surface area contributed by atoms with Gasteiger partial charge in [-0.25, -0.2) is 0 Å². The summed E-state index contributed by atoms with van der Waals surface area (Å²) in [6, 6.07) is 6.52. The summed E-state index contributed by atoms with van der Waals surface area (Å²) in [5.74, 6) is 0.767. The van der Waals surface area contributed by atoms with Gasteiger partial charge in [-0.2, -0.15) is 11.8 Å². The minimum atomic E-state index is -0.981. The minimum absolute atomic E-state index is 0.334. The van der Waals surface area contributed by atoms with Crippen LogP contribution in [0.4, 0.5) is 0 Å². The predicted octanol–water partition coefficient (Wildman–Crippen LogP) is 1.38. The van der Waals surface area contributed by atoms with E-state index in [1.807, 2.05) is 30.5 Å². The van der Waals surface area contributed by atoms with Crippen molar-refractivity contribution in [1.82, 2.24) is 0 Å². The number of carboxylic acid groups (broad SMARTS) is 1. The van der Waals surface area contributed by atoms with Crippen molar-refractivity contribution in [2.75, 3.05) is 18.6 Å². The van der Waals surface area contributed by atoms with E-state index in [0.717, 1.165) is 17.1 Å². The lowest BCUT2D eigenvalue weighted by Gasteiger charge is -2.08. The molecular weight excluding hydrogens is 238 g/mol. The molecule has 0 saturated carbocycles. The monoisotopic (exact) mass is 255 g/mol. The van der Waals surface area contributed by atoms with E-state index < -0.39 is 12.0 Å². The Balaban J connectivity index is 2.47. The molecule has 1 aromatic rings. The number of nitrogens with two attached hydrogens (primary N) is 1. The van der Waals surface area contributed by atoms with Gasteiger partial charge in [0, 0.05) is 5.75 Å². The molecule has 3 N–H and O–H groups in total. The first-order valence-corrected chi connectivity index (χ1v) is 6.72. The van der Waals surface area contributed by atoms with Gasteiger partial charge in [-0.15, -0.1) is 0 Å². The molecule has 0 amide bonds. The first kappa shape index (κ1) is 13.9. The van der Waals surface area contributed by atoms with Gasteiger partial charge in [0.2, 0.25) is 0 Å². The third-order valence-electron chi connectivity index (χ3n) is 2.25. The molecule has 17 heavy (non-hydrogen) atoms. The van der Waals surface area contributed by atoms with E-state index in [4.69, 9.17) is 15.6 Å². The molecule has 0 heterocycles. The molecule has 0 aliphatic heterocycles. The van der Waals surface area contributed by atoms with E-state index in [0.29, 0.717) is 13.0 Å². The van der Waals surface area contributed by atoms with E-state index in [-0.39, 0.29) is 0 Å². The van der Waals surface area contributed by atoms with E-state index in [9.17, 15) is 4.79 Å². The number of carboxylic acids is 1. The summed E-state index contributed by atoms with van der Waals surface area (Å²) in [5, 5.41) is 8.69. The van der Waals surface area contributed by atoms with Crippen molar-refractivity contribution >= 4 is 17.7 Å². The molecule has 1 atom stereocenters. The molecule has 1 rings (SSSR count). The SMILES string of the molecule is CSCCOc1ccc(CC(N)C(=O)O)cc1. The highest BCUT2D eigenvalue weighted by atomic mass is 32.2. The van der Waals surface area contributed by atoms with Gasteiger partial charge in [-0.05, 0) is 30.4 Å². The molecule has 0 fully saturated rings. The Hall–Kier alpha value is -1.20. The van der Waals surface area contributed by atoms with Gasteiger partial charge in [0.25, 0.3) is 0 Å². The lowest BCUT2D eigenvalue weighted by Crippen LogP contribution is -2.32. The zero-order chi connectivity index (χ0) is 12.7. The third-order valence-corrected chi connectivity index (χ3v) is 2.83. The quantitative estimate of drug-likeness (QED) is 0.720. The fraction of sp³-hybridized carbons (Fsp3) is 0.417. The zero-order valence-corrected chi connectivity index (χ0v) is 10.6. The van der Waals surface area contributed by atoms with Crippen LogP contribution in [0, 0.1) is 0 Å². The Bertz CT molecular complexity index is 353. The Morgan fingerprint density at radius 3 is 2.65 bits per heavy atom. The number of hydrogen-bond acceptors (Lipinski definition) is 4. The average Bonchev–Trinajstić information content (AvgIpc) is 2.31. The lowest BCUT2D eigenvalue weighted by molar-refractivity contribution is -0.138. The van der Waals surface area contributed by atoms with Crippen molar-refractivity contribution in [3.63, 3.8) is 0 Å². The Morgan fingerprint density at radius 1 is 1.47 bits per heavy atom. The van der Waals surface area contributed by atoms with Crippen LogP contribution in [-0.2, 0) is 11.2 Å². The van der Waals surface area contributed by atoms with Crippen molar-refractivity contribution in [3.8, 4) is 5.75 Å². The Morgan fingerprint density at radius 2 is 2.12 bits per heavy atom. The van der Waals surface area contributed by atoms with Crippen molar-refractivity contribution in [2.45, 2.75) is 12.5 Å². The number of thioether (sulfide) groups is 1. The molecule has 5 heteroatoms. The summed E-state index contributed by atoms with van der Waals surface area (Å²) < 4.78 is 5.49. The van der Waals surface area contributed by atoms with Gasteiger partial charge in [0.05, 0.1) is 6.61 Å². The number of ether oxygens (including phenoxy) is 1. The van der Waals surface area contributed by atoms with E-state index in [1.165, 1.54) is 0 Å². The highest BCUT2D eigenvalue weighted by Gasteiger charge is 2.11. The van der Waals surface area contributed by atoms with Gasteiger partial charge < -0.3 is 15.6 Å². The second-order valence-corrected chi connectivity index (χ2v) is 4.62. The van der Waals surface area contributed by atoms with Crippen LogP contribution in [0.3, 0.4) is 0 Å². The number of aliphatic carboxylic acids is 1. The Kier molecular flexibility index (Phi) is 5.86. The molecule has 1 unspecified atom stereocenters. The first-order chi connectivity index (χ1) is 8.13. The summed E-state index contributed by atoms with van der Waals surface area (Å²) in [5.41, 5.74) is 6.35. The van der Waals surface area contributed by atoms with Crippen LogP contribution < -0.4 is 10.5 Å². The molecule has 0 bridgehead atoms. The van der Waals surface area contributed by atoms with E-state index >= 15 is 0 Å². The van der Waals surface area contributed by atoms with Crippen molar-refractivity contribution in [1.29, 1.82) is 0 Å². The maximum absolute atomic E-state index is 10.6. The predicted molar refractivity (Wildman–Crippen MR) is 69.6 cm³/mol. The van der Waals surface area contributed by atoms with Crippen LogP contribution in [0.25, 0.3) is 0 Å². The van der Waals surface area contributed by atoms with Gasteiger partial charge in [0.15, 0.2) is 0 Å². The lowest BCUT2D eigenvalue weighted by atomic mass is 10.1. The molecule has 94 valence electrons. The van der Waals surface area contributed by atoms with Gasteiger partial charge >= 0.3 is 5.97 Å². The second-order valence-electron chi connectivity index (χ2n) is 3.63. The summed E-state index contributed by atoms with van der Waals surface area (Å²) in [7, 11) is 0. The topological polar surface area (TPSA) is 72.5 Å². The van der Waals surface area contributed by atoms with Gasteiger partial charge in [-0.3, -0.25) is 4.79 Å². The maximum Gasteiger partial charge on any atom is 0.320 e. The van der Waals surface area contributed by atoms with Gasteiger partial charge in [-0.1, -0.05) is 12.1 Å². The molecular formula is C12H17NO3S. The summed E-state index contributed by atoms with van der Waals surface area (Å²) in [6.45, 7) is 0.676. The molecule has 4 nitrogen and oxygen atoms in total. The minimum Gasteiger partial charge on any atom is -0.493 e. The number of benzene rings is 1. The molecule has 0 spiro atoms. The summed E-state index contributed by atoms with van der Waals surface area (Å²) in [6.07, 6.45) is 2.36. The van der Waals surface area contributed by atoms with Crippen LogP contribution in [0.2, 0.25) is 0 Å².